The van der Waals surface area contributed by atoms with Crippen LogP contribution in [0.1, 0.15) is 33.6 Å². The van der Waals surface area contributed by atoms with E-state index in [-0.39, 0.29) is 0 Å². The highest BCUT2D eigenvalue weighted by Crippen LogP contribution is 2.40. The summed E-state index contributed by atoms with van der Waals surface area (Å²) in [7, 11) is 2.15. The van der Waals surface area contributed by atoms with Crippen molar-refractivity contribution in [3.05, 3.63) is 70.2 Å². The van der Waals surface area contributed by atoms with Gasteiger partial charge in [0, 0.05) is 34.9 Å². The van der Waals surface area contributed by atoms with Gasteiger partial charge in [0.1, 0.15) is 7.05 Å². The molecule has 1 aromatic carbocycles. The molecule has 0 saturated carbocycles. The van der Waals surface area contributed by atoms with E-state index in [0.717, 1.165) is 12.1 Å². The highest BCUT2D eigenvalue weighted by atomic mass is 14.9. The maximum absolute atomic E-state index is 4.78. The van der Waals surface area contributed by atoms with Crippen molar-refractivity contribution in [2.24, 2.45) is 7.05 Å². The molecule has 1 aliphatic carbocycles. The lowest BCUT2D eigenvalue weighted by Gasteiger charge is -2.12. The summed E-state index contributed by atoms with van der Waals surface area (Å²) in [5.41, 5.74) is 13.0. The summed E-state index contributed by atoms with van der Waals surface area (Å²) in [6.07, 6.45) is 3.10. The third-order valence-electron chi connectivity index (χ3n) is 5.24. The van der Waals surface area contributed by atoms with Gasteiger partial charge in [-0.05, 0) is 56.5 Å². The summed E-state index contributed by atoms with van der Waals surface area (Å²) in [5.74, 6) is 0. The minimum Gasteiger partial charge on any atom is -0.257 e. The van der Waals surface area contributed by atoms with E-state index in [1.54, 1.807) is 0 Å². The lowest BCUT2D eigenvalue weighted by molar-refractivity contribution is -0.660. The number of rotatable bonds is 1. The van der Waals surface area contributed by atoms with Crippen molar-refractivity contribution >= 4 is 0 Å². The molecule has 0 N–H and O–H groups in total. The first-order valence-corrected chi connectivity index (χ1v) is 8.52. The molecule has 24 heavy (non-hydrogen) atoms. The highest BCUT2D eigenvalue weighted by Gasteiger charge is 2.29. The van der Waals surface area contributed by atoms with E-state index in [4.69, 9.17) is 4.98 Å². The fourth-order valence-electron chi connectivity index (χ4n) is 3.93. The zero-order valence-corrected chi connectivity index (χ0v) is 15.1. The van der Waals surface area contributed by atoms with Gasteiger partial charge >= 0.3 is 0 Å². The lowest BCUT2D eigenvalue weighted by Crippen LogP contribution is -2.32. The second kappa shape index (κ2) is 5.27. The molecular formula is C22H23N2+. The zero-order valence-electron chi connectivity index (χ0n) is 15.1. The molecule has 1 aliphatic rings. The van der Waals surface area contributed by atoms with E-state index in [0.29, 0.717) is 0 Å². The van der Waals surface area contributed by atoms with Crippen LogP contribution < -0.4 is 4.57 Å². The summed E-state index contributed by atoms with van der Waals surface area (Å²) < 4.78 is 2.26. The van der Waals surface area contributed by atoms with Crippen molar-refractivity contribution < 1.29 is 4.57 Å². The van der Waals surface area contributed by atoms with Crippen LogP contribution in [0.3, 0.4) is 0 Å². The van der Waals surface area contributed by atoms with Gasteiger partial charge in [-0.1, -0.05) is 17.7 Å². The van der Waals surface area contributed by atoms with E-state index in [1.807, 2.05) is 0 Å². The number of nitrogens with zero attached hydrogens (tertiary/aromatic N) is 2. The van der Waals surface area contributed by atoms with Crippen molar-refractivity contribution in [2.45, 2.75) is 34.1 Å². The predicted octanol–water partition coefficient (Wildman–Crippen LogP) is 4.38. The van der Waals surface area contributed by atoms with Gasteiger partial charge in [-0.2, -0.15) is 0 Å². The Morgan fingerprint density at radius 2 is 1.71 bits per heavy atom. The molecule has 120 valence electrons. The maximum atomic E-state index is 4.78. The van der Waals surface area contributed by atoms with Gasteiger partial charge in [0.2, 0.25) is 5.69 Å². The number of aromatic nitrogens is 2. The third-order valence-corrected chi connectivity index (χ3v) is 5.24. The van der Waals surface area contributed by atoms with Gasteiger partial charge < -0.3 is 0 Å². The van der Waals surface area contributed by atoms with Crippen LogP contribution >= 0.6 is 0 Å². The maximum Gasteiger partial charge on any atom is 0.216 e. The third kappa shape index (κ3) is 2.17. The quantitative estimate of drug-likeness (QED) is 0.476. The number of pyridine rings is 2. The standard InChI is InChI=1S/C22H23N2/c1-13-10-14(2)16(4)19(11-13)22-20-12-21-18(7-6-15(3)23-21)17(20)8-9-24(22)5/h6-11H,12H2,1-5H3/q+1. The zero-order chi connectivity index (χ0) is 17.0. The fraction of sp³-hybridized carbons (Fsp3) is 0.273. The minimum absolute atomic E-state index is 0.919. The Morgan fingerprint density at radius 1 is 0.917 bits per heavy atom. The normalized spacial score (nSPS) is 12.2. The largest absolute Gasteiger partial charge is 0.257 e. The summed E-state index contributed by atoms with van der Waals surface area (Å²) in [4.78, 5) is 4.78. The van der Waals surface area contributed by atoms with Crippen LogP contribution in [0.15, 0.2) is 36.5 Å². The van der Waals surface area contributed by atoms with Gasteiger partial charge in [0.15, 0.2) is 6.20 Å². The molecule has 0 fully saturated rings. The number of fused-ring (bicyclic) bond motifs is 3. The predicted molar refractivity (Wildman–Crippen MR) is 98.0 cm³/mol. The van der Waals surface area contributed by atoms with Crippen LogP contribution in [0.25, 0.3) is 22.4 Å². The Balaban J connectivity index is 2.01. The number of benzene rings is 1. The van der Waals surface area contributed by atoms with Crippen LogP contribution in [0.2, 0.25) is 0 Å². The number of hydrogen-bond acceptors (Lipinski definition) is 1. The molecule has 2 heterocycles. The molecule has 0 amide bonds. The summed E-state index contributed by atoms with van der Waals surface area (Å²) in [6.45, 7) is 8.68. The molecule has 2 nitrogen and oxygen atoms in total. The molecule has 2 heteroatoms. The molecule has 0 spiro atoms. The van der Waals surface area contributed by atoms with Gasteiger partial charge in [0.05, 0.1) is 5.69 Å². The van der Waals surface area contributed by atoms with Crippen LogP contribution in [0.4, 0.5) is 0 Å². The highest BCUT2D eigenvalue weighted by molar-refractivity contribution is 5.81. The van der Waals surface area contributed by atoms with Crippen molar-refractivity contribution in [2.75, 3.05) is 0 Å². The van der Waals surface area contributed by atoms with E-state index in [1.165, 1.54) is 50.3 Å². The average molecular weight is 315 g/mol. The Kier molecular flexibility index (Phi) is 3.31. The van der Waals surface area contributed by atoms with Gasteiger partial charge in [0.25, 0.3) is 0 Å². The molecule has 2 aromatic heterocycles. The number of hydrogen-bond donors (Lipinski definition) is 0. The molecule has 0 bridgehead atoms. The molecule has 3 aromatic rings. The van der Waals surface area contributed by atoms with Gasteiger partial charge in [-0.15, -0.1) is 0 Å². The van der Waals surface area contributed by atoms with Crippen LogP contribution in [-0.4, -0.2) is 4.98 Å². The molecule has 4 rings (SSSR count). The van der Waals surface area contributed by atoms with Crippen LogP contribution in [-0.2, 0) is 13.5 Å². The first-order chi connectivity index (χ1) is 11.5. The summed E-state index contributed by atoms with van der Waals surface area (Å²) in [6, 6.07) is 11.2. The van der Waals surface area contributed by atoms with Crippen molar-refractivity contribution in [3.63, 3.8) is 0 Å². The smallest absolute Gasteiger partial charge is 0.216 e. The summed E-state index contributed by atoms with van der Waals surface area (Å²) >= 11 is 0. The molecule has 0 saturated heterocycles. The topological polar surface area (TPSA) is 16.8 Å². The van der Waals surface area contributed by atoms with Crippen molar-refractivity contribution in [3.8, 4) is 22.4 Å². The molecule has 0 unspecified atom stereocenters. The first-order valence-electron chi connectivity index (χ1n) is 8.52. The monoisotopic (exact) mass is 315 g/mol. The Morgan fingerprint density at radius 3 is 2.50 bits per heavy atom. The van der Waals surface area contributed by atoms with Crippen LogP contribution in [0.5, 0.6) is 0 Å². The molecule has 0 atom stereocenters. The Hall–Kier alpha value is -2.48. The van der Waals surface area contributed by atoms with Gasteiger partial charge in [-0.25, -0.2) is 4.57 Å². The molecule has 0 aliphatic heterocycles. The van der Waals surface area contributed by atoms with Crippen molar-refractivity contribution in [1.29, 1.82) is 0 Å². The van der Waals surface area contributed by atoms with E-state index in [9.17, 15) is 0 Å². The molecular weight excluding hydrogens is 292 g/mol. The SMILES string of the molecule is Cc1cc(C)c(C)c(-c2c3c(cc[n+]2C)-c2ccc(C)nc2C3)c1. The van der Waals surface area contributed by atoms with E-state index in [2.05, 4.69) is 75.8 Å². The second-order valence-corrected chi connectivity index (χ2v) is 7.05. The minimum atomic E-state index is 0.919. The molecule has 0 radical (unpaired) electrons. The Bertz CT molecular complexity index is 984. The van der Waals surface area contributed by atoms with E-state index >= 15 is 0 Å². The van der Waals surface area contributed by atoms with Crippen molar-refractivity contribution in [1.82, 2.24) is 4.98 Å². The second-order valence-electron chi connectivity index (χ2n) is 7.05. The first kappa shape index (κ1) is 15.1. The van der Waals surface area contributed by atoms with Crippen LogP contribution in [0, 0.1) is 27.7 Å². The average Bonchev–Trinajstić information content (AvgIpc) is 2.88. The Labute approximate surface area is 143 Å². The van der Waals surface area contributed by atoms with E-state index < -0.39 is 0 Å². The lowest BCUT2D eigenvalue weighted by atomic mass is 9.93. The number of aryl methyl sites for hydroxylation is 4. The summed E-state index contributed by atoms with van der Waals surface area (Å²) in [5, 5.41) is 0. The van der Waals surface area contributed by atoms with Gasteiger partial charge in [-0.3, -0.25) is 4.98 Å². The fourth-order valence-corrected chi connectivity index (χ4v) is 3.93.